The second-order valence-electron chi connectivity index (χ2n) is 11.7. The number of alkyl halides is 5. The van der Waals surface area contributed by atoms with Gasteiger partial charge in [0.25, 0.3) is 5.92 Å². The number of hydrogen-bond acceptors (Lipinski definition) is 6. The highest BCUT2D eigenvalue weighted by Gasteiger charge is 2.50. The second kappa shape index (κ2) is 15.5. The van der Waals surface area contributed by atoms with Gasteiger partial charge in [0.1, 0.15) is 5.75 Å². The molecule has 0 spiro atoms. The third-order valence-corrected chi connectivity index (χ3v) is 10.3. The van der Waals surface area contributed by atoms with Gasteiger partial charge in [0, 0.05) is 23.1 Å². The summed E-state index contributed by atoms with van der Waals surface area (Å²) in [6.07, 6.45) is 0.545. The third kappa shape index (κ3) is 9.42. The molecule has 4 N–H and O–H groups in total. The first kappa shape index (κ1) is 37.5. The van der Waals surface area contributed by atoms with Gasteiger partial charge < -0.3 is 20.5 Å². The van der Waals surface area contributed by atoms with Gasteiger partial charge in [-0.05, 0) is 98.2 Å². The number of piperidine rings is 1. The number of hydrogen-bond donors (Lipinski definition) is 3. The maximum atomic E-state index is 16.0. The second-order valence-corrected chi connectivity index (χ2v) is 14.3. The van der Waals surface area contributed by atoms with Gasteiger partial charge in [0.15, 0.2) is 6.04 Å². The van der Waals surface area contributed by atoms with E-state index in [1.54, 1.807) is 18.2 Å². The Balaban J connectivity index is 0.000000671. The van der Waals surface area contributed by atoms with Crippen molar-refractivity contribution in [3.05, 3.63) is 70.7 Å². The number of benzene rings is 3. The number of ether oxygens (including phenoxy) is 1. The lowest BCUT2D eigenvalue weighted by Gasteiger charge is -2.36. The van der Waals surface area contributed by atoms with Crippen LogP contribution in [0, 0.1) is 5.92 Å². The van der Waals surface area contributed by atoms with Crippen LogP contribution in [0.5, 0.6) is 5.75 Å². The normalized spacial score (nSPS) is 17.1. The number of rotatable bonds is 9. The highest BCUT2D eigenvalue weighted by molar-refractivity contribution is 9.10. The molecule has 3 aromatic carbocycles. The van der Waals surface area contributed by atoms with Crippen LogP contribution in [0.3, 0.4) is 0 Å². The van der Waals surface area contributed by atoms with E-state index in [4.69, 9.17) is 20.4 Å². The number of aliphatic carboxylic acids is 1. The first-order valence-corrected chi connectivity index (χ1v) is 17.4. The Kier molecular flexibility index (Phi) is 12.1. The van der Waals surface area contributed by atoms with Crippen molar-refractivity contribution in [1.82, 2.24) is 9.62 Å². The smallest absolute Gasteiger partial charge is 0.490 e. The summed E-state index contributed by atoms with van der Waals surface area (Å²) >= 11 is 3.23. The van der Waals surface area contributed by atoms with Gasteiger partial charge in [-0.25, -0.2) is 13.2 Å². The van der Waals surface area contributed by atoms with Crippen LogP contribution in [0.1, 0.15) is 44.1 Å². The molecular formula is C32H35BrF5N3O6S. The van der Waals surface area contributed by atoms with Gasteiger partial charge in [-0.1, -0.05) is 40.2 Å². The molecule has 0 aromatic heterocycles. The number of nitrogens with zero attached hydrogens (tertiary/aromatic N) is 1. The number of fused-ring (bicyclic) bond motifs is 1. The molecule has 3 aromatic rings. The first-order valence-electron chi connectivity index (χ1n) is 15.2. The maximum absolute atomic E-state index is 16.0. The lowest BCUT2D eigenvalue weighted by atomic mass is 9.95. The summed E-state index contributed by atoms with van der Waals surface area (Å²) in [5, 5.41) is 8.49. The Bertz CT molecular complexity index is 1690. The Morgan fingerprint density at radius 1 is 0.938 bits per heavy atom. The maximum Gasteiger partial charge on any atom is 0.490 e. The van der Waals surface area contributed by atoms with Gasteiger partial charge in [-0.3, -0.25) is 4.79 Å². The van der Waals surface area contributed by atoms with Crippen LogP contribution in [-0.4, -0.2) is 68.3 Å². The third-order valence-electron chi connectivity index (χ3n) is 8.31. The van der Waals surface area contributed by atoms with Crippen molar-refractivity contribution < 1.29 is 49.8 Å². The van der Waals surface area contributed by atoms with Crippen LogP contribution < -0.4 is 15.2 Å². The molecule has 9 nitrogen and oxygen atoms in total. The zero-order valence-corrected chi connectivity index (χ0v) is 28.0. The molecule has 0 radical (unpaired) electrons. The molecule has 1 amide bonds. The standard InChI is InChI=1S/C30H34BrF2N3O4S.C2HF3O2/c31-24-9-7-23(8-10-24)30(32,33)28(29(37)36-15-13-20(19-34)14-16-36)35-41(38,39)27-12-6-21-17-26(11-5-22(21)18-27)40-25-3-1-2-4-25;3-2(4,5)1(6)7/h5-12,17-18,20,25,28,35H,1-4,13-16,19,34H2;(H,6,7)/t28-;/m0./s1. The molecule has 48 heavy (non-hydrogen) atoms. The fraction of sp³-hybridized carbons (Fsp3) is 0.438. The van der Waals surface area contributed by atoms with E-state index in [1.807, 2.05) is 6.07 Å². The minimum atomic E-state index is -5.08. The summed E-state index contributed by atoms with van der Waals surface area (Å²) in [7, 11) is -4.52. The van der Waals surface area contributed by atoms with Crippen molar-refractivity contribution >= 4 is 48.6 Å². The van der Waals surface area contributed by atoms with E-state index >= 15 is 8.78 Å². The quantitative estimate of drug-likeness (QED) is 0.221. The van der Waals surface area contributed by atoms with Crippen LogP contribution in [0.15, 0.2) is 70.0 Å². The molecule has 0 bridgehead atoms. The molecule has 5 rings (SSSR count). The largest absolute Gasteiger partial charge is 0.490 e. The SMILES string of the molecule is NCC1CCN(C(=O)[C@H](NS(=O)(=O)c2ccc3cc(OC4CCCC4)ccc3c2)C(F)(F)c2ccc(Br)cc2)CC1.O=C(O)C(F)(F)F. The molecule has 1 saturated heterocycles. The molecule has 16 heteroatoms. The van der Waals surface area contributed by atoms with E-state index in [2.05, 4.69) is 20.7 Å². The molecule has 0 unspecified atom stereocenters. The number of halogens is 6. The van der Waals surface area contributed by atoms with Crippen molar-refractivity contribution in [2.24, 2.45) is 11.7 Å². The van der Waals surface area contributed by atoms with Gasteiger partial charge in [0.05, 0.1) is 11.0 Å². The molecule has 1 atom stereocenters. The Morgan fingerprint density at radius 2 is 1.50 bits per heavy atom. The van der Waals surface area contributed by atoms with Crippen LogP contribution in [-0.2, 0) is 25.5 Å². The van der Waals surface area contributed by atoms with Crippen LogP contribution in [0.25, 0.3) is 10.8 Å². The highest BCUT2D eigenvalue weighted by Crippen LogP contribution is 2.36. The number of nitrogens with two attached hydrogens (primary N) is 1. The number of carboxylic acid groups (broad SMARTS) is 1. The van der Waals surface area contributed by atoms with Crippen molar-refractivity contribution in [2.45, 2.75) is 67.7 Å². The first-order chi connectivity index (χ1) is 22.5. The lowest BCUT2D eigenvalue weighted by molar-refractivity contribution is -0.192. The van der Waals surface area contributed by atoms with Crippen molar-refractivity contribution in [3.63, 3.8) is 0 Å². The van der Waals surface area contributed by atoms with E-state index in [0.29, 0.717) is 35.0 Å². The van der Waals surface area contributed by atoms with E-state index in [9.17, 15) is 26.4 Å². The van der Waals surface area contributed by atoms with Gasteiger partial charge in [-0.2, -0.15) is 26.7 Å². The van der Waals surface area contributed by atoms with Crippen LogP contribution in [0.4, 0.5) is 22.0 Å². The van der Waals surface area contributed by atoms with Gasteiger partial charge in [-0.15, -0.1) is 0 Å². The molecule has 1 heterocycles. The highest BCUT2D eigenvalue weighted by atomic mass is 79.9. The van der Waals surface area contributed by atoms with Crippen LogP contribution in [0.2, 0.25) is 0 Å². The lowest BCUT2D eigenvalue weighted by Crippen LogP contribution is -2.57. The monoisotopic (exact) mass is 763 g/mol. The van der Waals surface area contributed by atoms with E-state index in [0.717, 1.165) is 31.1 Å². The number of carbonyl (C=O) groups is 2. The topological polar surface area (TPSA) is 139 Å². The summed E-state index contributed by atoms with van der Waals surface area (Å²) in [4.78, 5) is 23.5. The minimum absolute atomic E-state index is 0.180. The van der Waals surface area contributed by atoms with E-state index in [-0.39, 0.29) is 30.0 Å². The minimum Gasteiger partial charge on any atom is -0.490 e. The van der Waals surface area contributed by atoms with Crippen molar-refractivity contribution in [1.29, 1.82) is 0 Å². The zero-order chi connectivity index (χ0) is 35.3. The molecule has 1 saturated carbocycles. The predicted octanol–water partition coefficient (Wildman–Crippen LogP) is 6.19. The molecule has 1 aliphatic carbocycles. The fourth-order valence-electron chi connectivity index (χ4n) is 5.55. The number of sulfonamides is 1. The van der Waals surface area contributed by atoms with Gasteiger partial charge in [0.2, 0.25) is 15.9 Å². The Labute approximate surface area is 282 Å². The number of carboxylic acids is 1. The summed E-state index contributed by atoms with van der Waals surface area (Å²) in [5.74, 6) is -6.64. The summed E-state index contributed by atoms with van der Waals surface area (Å²) < 4.78 is 99.5. The zero-order valence-electron chi connectivity index (χ0n) is 25.6. The average Bonchev–Trinajstić information content (AvgIpc) is 3.56. The van der Waals surface area contributed by atoms with Gasteiger partial charge >= 0.3 is 12.1 Å². The van der Waals surface area contributed by atoms with E-state index < -0.39 is 45.6 Å². The number of carbonyl (C=O) groups excluding carboxylic acids is 1. The average molecular weight is 765 g/mol. The molecule has 2 aliphatic rings. The van der Waals surface area contributed by atoms with E-state index in [1.165, 1.54) is 41.3 Å². The Hall–Kier alpha value is -3.34. The fourth-order valence-corrected chi connectivity index (χ4v) is 7.04. The van der Waals surface area contributed by atoms with Crippen molar-refractivity contribution in [2.75, 3.05) is 19.6 Å². The molecule has 262 valence electrons. The summed E-state index contributed by atoms with van der Waals surface area (Å²) in [5.41, 5.74) is 5.28. The van der Waals surface area contributed by atoms with Crippen LogP contribution >= 0.6 is 15.9 Å². The Morgan fingerprint density at radius 3 is 2.06 bits per heavy atom. The molecular weight excluding hydrogens is 729 g/mol. The predicted molar refractivity (Wildman–Crippen MR) is 171 cm³/mol. The van der Waals surface area contributed by atoms with Crippen molar-refractivity contribution in [3.8, 4) is 5.75 Å². The molecule has 1 aliphatic heterocycles. The number of amides is 1. The number of nitrogens with one attached hydrogen (secondary N) is 1. The number of likely N-dealkylation sites (tertiary alicyclic amines) is 1. The summed E-state index contributed by atoms with van der Waals surface area (Å²) in [6.45, 7) is 0.913. The summed E-state index contributed by atoms with van der Waals surface area (Å²) in [6, 6.07) is 12.7. The molecule has 2 fully saturated rings.